The van der Waals surface area contributed by atoms with Crippen LogP contribution in [-0.2, 0) is 12.8 Å². The number of benzene rings is 2. The van der Waals surface area contributed by atoms with Gasteiger partial charge in [-0.2, -0.15) is 0 Å². The van der Waals surface area contributed by atoms with Crippen molar-refractivity contribution < 1.29 is 19.4 Å². The Morgan fingerprint density at radius 2 is 1.52 bits per heavy atom. The third kappa shape index (κ3) is 3.86. The average molecular weight is 371 g/mol. The molecule has 27 heavy (non-hydrogen) atoms. The van der Waals surface area contributed by atoms with Crippen molar-refractivity contribution in [3.63, 3.8) is 0 Å². The molecule has 0 spiro atoms. The van der Waals surface area contributed by atoms with E-state index in [1.165, 1.54) is 12.7 Å². The monoisotopic (exact) mass is 371 g/mol. The number of fused-ring (bicyclic) bond motifs is 1. The molecule has 1 amide bonds. The maximum absolute atomic E-state index is 12.6. The smallest absolute Gasteiger partial charge is 0.277 e. The number of nitro groups is 2. The molecule has 2 aromatic rings. The van der Waals surface area contributed by atoms with Crippen LogP contribution in [0, 0.1) is 20.2 Å². The lowest BCUT2D eigenvalue weighted by molar-refractivity contribution is -0.394. The lowest BCUT2D eigenvalue weighted by Gasteiger charge is -2.19. The minimum Gasteiger partial charge on any atom is -0.495 e. The van der Waals surface area contributed by atoms with Crippen LogP contribution in [0.3, 0.4) is 0 Å². The number of amides is 1. The number of nitrogens with zero attached hydrogens (tertiary/aromatic N) is 2. The van der Waals surface area contributed by atoms with Crippen molar-refractivity contribution in [1.82, 2.24) is 0 Å². The molecule has 0 bridgehead atoms. The maximum atomic E-state index is 12.6. The van der Waals surface area contributed by atoms with Crippen LogP contribution in [-0.4, -0.2) is 22.9 Å². The number of non-ortho nitro benzene ring substituents is 2. The van der Waals surface area contributed by atoms with Crippen LogP contribution in [0.15, 0.2) is 30.3 Å². The van der Waals surface area contributed by atoms with Gasteiger partial charge >= 0.3 is 0 Å². The Morgan fingerprint density at radius 1 is 0.963 bits per heavy atom. The van der Waals surface area contributed by atoms with Crippen molar-refractivity contribution in [2.75, 3.05) is 12.4 Å². The first-order valence-electron chi connectivity index (χ1n) is 8.34. The van der Waals surface area contributed by atoms with Crippen LogP contribution < -0.4 is 10.1 Å². The second-order valence-electron chi connectivity index (χ2n) is 6.23. The van der Waals surface area contributed by atoms with Crippen molar-refractivity contribution in [1.29, 1.82) is 0 Å². The van der Waals surface area contributed by atoms with Crippen LogP contribution in [0.2, 0.25) is 0 Å². The number of aryl methyl sites for hydroxylation is 2. The van der Waals surface area contributed by atoms with E-state index >= 15 is 0 Å². The van der Waals surface area contributed by atoms with E-state index < -0.39 is 27.1 Å². The lowest BCUT2D eigenvalue weighted by Crippen LogP contribution is -2.14. The van der Waals surface area contributed by atoms with Gasteiger partial charge in [-0.3, -0.25) is 25.0 Å². The Bertz CT molecular complexity index is 909. The zero-order chi connectivity index (χ0) is 19.6. The number of nitro benzene ring substituents is 2. The van der Waals surface area contributed by atoms with Crippen LogP contribution in [0.5, 0.6) is 5.75 Å². The molecule has 0 saturated carbocycles. The van der Waals surface area contributed by atoms with E-state index in [0.717, 1.165) is 49.4 Å². The highest BCUT2D eigenvalue weighted by molar-refractivity contribution is 6.06. The van der Waals surface area contributed by atoms with Gasteiger partial charge < -0.3 is 10.1 Å². The summed E-state index contributed by atoms with van der Waals surface area (Å²) in [4.78, 5) is 33.0. The summed E-state index contributed by atoms with van der Waals surface area (Å²) in [7, 11) is 1.48. The number of hydrogen-bond acceptors (Lipinski definition) is 6. The topological polar surface area (TPSA) is 125 Å². The molecule has 2 aromatic carbocycles. The van der Waals surface area contributed by atoms with Gasteiger partial charge in [-0.15, -0.1) is 0 Å². The molecule has 1 aliphatic rings. The van der Waals surface area contributed by atoms with Crippen molar-refractivity contribution in [2.45, 2.75) is 25.7 Å². The number of carbonyl (C=O) groups is 1. The summed E-state index contributed by atoms with van der Waals surface area (Å²) < 4.78 is 5.34. The highest BCUT2D eigenvalue weighted by Crippen LogP contribution is 2.33. The van der Waals surface area contributed by atoms with E-state index in [9.17, 15) is 25.0 Å². The Labute approximate surface area is 154 Å². The van der Waals surface area contributed by atoms with Crippen molar-refractivity contribution in [3.05, 3.63) is 67.3 Å². The zero-order valence-corrected chi connectivity index (χ0v) is 14.6. The molecule has 1 aliphatic carbocycles. The van der Waals surface area contributed by atoms with Gasteiger partial charge in [0, 0.05) is 12.1 Å². The van der Waals surface area contributed by atoms with Crippen LogP contribution in [0.25, 0.3) is 0 Å². The van der Waals surface area contributed by atoms with E-state index in [4.69, 9.17) is 4.74 Å². The number of nitrogens with one attached hydrogen (secondary N) is 1. The molecule has 0 unspecified atom stereocenters. The summed E-state index contributed by atoms with van der Waals surface area (Å²) in [5, 5.41) is 24.7. The average Bonchev–Trinajstić information content (AvgIpc) is 2.66. The quantitative estimate of drug-likeness (QED) is 0.632. The van der Waals surface area contributed by atoms with Crippen molar-refractivity contribution in [2.24, 2.45) is 0 Å². The van der Waals surface area contributed by atoms with Gasteiger partial charge in [0.25, 0.3) is 17.3 Å². The number of methoxy groups -OCH3 is 1. The number of hydrogen-bond donors (Lipinski definition) is 1. The Balaban J connectivity index is 1.96. The van der Waals surface area contributed by atoms with E-state index in [0.29, 0.717) is 11.4 Å². The fourth-order valence-corrected chi connectivity index (χ4v) is 3.16. The minimum atomic E-state index is -0.775. The molecule has 0 saturated heterocycles. The van der Waals surface area contributed by atoms with Crippen LogP contribution >= 0.6 is 0 Å². The summed E-state index contributed by atoms with van der Waals surface area (Å²) in [5.74, 6) is -0.209. The highest BCUT2D eigenvalue weighted by atomic mass is 16.6. The van der Waals surface area contributed by atoms with Gasteiger partial charge in [0.05, 0.1) is 34.3 Å². The Kier molecular flexibility index (Phi) is 5.02. The standard InChI is InChI=1S/C18H17N3O6/c1-27-17-9-12-5-3-2-4-11(12)8-16(17)19-18(22)13-6-14(20(23)24)10-15(7-13)21(25)26/h6-10H,2-5H2,1H3,(H,19,22). The molecule has 0 fully saturated rings. The van der Waals surface area contributed by atoms with Crippen LogP contribution in [0.1, 0.15) is 34.3 Å². The van der Waals surface area contributed by atoms with Gasteiger partial charge in [-0.05, 0) is 48.9 Å². The predicted molar refractivity (Wildman–Crippen MR) is 97.3 cm³/mol. The SMILES string of the molecule is COc1cc2c(cc1NC(=O)c1cc([N+](=O)[O-])cc([N+](=O)[O-])c1)CCCC2. The van der Waals surface area contributed by atoms with E-state index in [2.05, 4.69) is 5.32 Å². The molecular formula is C18H17N3O6. The number of anilines is 1. The molecule has 0 radical (unpaired) electrons. The first-order chi connectivity index (χ1) is 12.9. The third-order valence-electron chi connectivity index (χ3n) is 4.50. The van der Waals surface area contributed by atoms with E-state index in [1.54, 1.807) is 0 Å². The summed E-state index contributed by atoms with van der Waals surface area (Å²) in [6, 6.07) is 6.54. The lowest BCUT2D eigenvalue weighted by atomic mass is 9.91. The predicted octanol–water partition coefficient (Wildman–Crippen LogP) is 3.64. The largest absolute Gasteiger partial charge is 0.495 e. The maximum Gasteiger partial charge on any atom is 0.277 e. The van der Waals surface area contributed by atoms with Gasteiger partial charge in [0.2, 0.25) is 0 Å². The van der Waals surface area contributed by atoms with Gasteiger partial charge in [0.15, 0.2) is 0 Å². The normalized spacial score (nSPS) is 12.8. The zero-order valence-electron chi connectivity index (χ0n) is 14.6. The first-order valence-corrected chi connectivity index (χ1v) is 8.34. The fraction of sp³-hybridized carbons (Fsp3) is 0.278. The van der Waals surface area contributed by atoms with Gasteiger partial charge in [0.1, 0.15) is 5.75 Å². The molecule has 3 rings (SSSR count). The number of carbonyl (C=O) groups excluding carboxylic acids is 1. The van der Waals surface area contributed by atoms with Crippen LogP contribution in [0.4, 0.5) is 17.1 Å². The van der Waals surface area contributed by atoms with E-state index in [-0.39, 0.29) is 5.56 Å². The molecular weight excluding hydrogens is 354 g/mol. The van der Waals surface area contributed by atoms with Gasteiger partial charge in [-0.25, -0.2) is 0 Å². The molecule has 1 N–H and O–H groups in total. The summed E-state index contributed by atoms with van der Waals surface area (Å²) in [6.07, 6.45) is 3.99. The third-order valence-corrected chi connectivity index (χ3v) is 4.50. The Morgan fingerprint density at radius 3 is 2.04 bits per heavy atom. The Hall–Kier alpha value is -3.49. The molecule has 0 atom stereocenters. The molecule has 0 heterocycles. The van der Waals surface area contributed by atoms with Crippen molar-refractivity contribution >= 4 is 23.0 Å². The molecule has 9 heteroatoms. The van der Waals surface area contributed by atoms with Gasteiger partial charge in [-0.1, -0.05) is 0 Å². The second kappa shape index (κ2) is 7.40. The molecule has 0 aliphatic heterocycles. The number of rotatable bonds is 5. The minimum absolute atomic E-state index is 0.171. The summed E-state index contributed by atoms with van der Waals surface area (Å²) in [5.41, 5.74) is 1.50. The summed E-state index contributed by atoms with van der Waals surface area (Å²) >= 11 is 0. The van der Waals surface area contributed by atoms with E-state index in [1.807, 2.05) is 12.1 Å². The molecule has 9 nitrogen and oxygen atoms in total. The first kappa shape index (κ1) is 18.3. The summed E-state index contributed by atoms with van der Waals surface area (Å²) in [6.45, 7) is 0. The molecule has 140 valence electrons. The molecule has 0 aromatic heterocycles. The fourth-order valence-electron chi connectivity index (χ4n) is 3.16. The number of ether oxygens (including phenoxy) is 1. The highest BCUT2D eigenvalue weighted by Gasteiger charge is 2.21. The second-order valence-corrected chi connectivity index (χ2v) is 6.23. The van der Waals surface area contributed by atoms with Crippen molar-refractivity contribution in [3.8, 4) is 5.75 Å².